The van der Waals surface area contributed by atoms with Gasteiger partial charge < -0.3 is 14.8 Å². The molecule has 3 heterocycles. The Morgan fingerprint density at radius 3 is 2.49 bits per heavy atom. The number of nitrogens with zero attached hydrogens (tertiary/aromatic N) is 3. The number of pyridine rings is 2. The Hall–Kier alpha value is -3.55. The van der Waals surface area contributed by atoms with Crippen molar-refractivity contribution in [3.8, 4) is 17.0 Å². The van der Waals surface area contributed by atoms with Gasteiger partial charge in [-0.15, -0.1) is 0 Å². The lowest BCUT2D eigenvalue weighted by atomic mass is 10.0. The molecule has 41 heavy (non-hydrogen) atoms. The number of hydrogen-bond acceptors (Lipinski definition) is 7. The Morgan fingerprint density at radius 1 is 1.12 bits per heavy atom. The summed E-state index contributed by atoms with van der Waals surface area (Å²) in [6.45, 7) is 2.72. The van der Waals surface area contributed by atoms with Gasteiger partial charge in [0.25, 0.3) is 0 Å². The number of carbonyl (C=O) groups is 1. The molecule has 2 atom stereocenters. The van der Waals surface area contributed by atoms with E-state index in [0.29, 0.717) is 23.4 Å². The topological polar surface area (TPSA) is 111 Å². The Bertz CT molecular complexity index is 1470. The van der Waals surface area contributed by atoms with Crippen LogP contribution in [-0.4, -0.2) is 67.7 Å². The van der Waals surface area contributed by atoms with Crippen LogP contribution in [0.25, 0.3) is 11.1 Å². The molecule has 1 aliphatic heterocycles. The van der Waals surface area contributed by atoms with Crippen molar-refractivity contribution in [1.82, 2.24) is 19.6 Å². The molecule has 1 N–H and O–H groups in total. The molecule has 1 aliphatic rings. The van der Waals surface area contributed by atoms with Crippen LogP contribution in [0.1, 0.15) is 31.7 Å². The Morgan fingerprint density at radius 2 is 1.85 bits per heavy atom. The first-order valence-corrected chi connectivity index (χ1v) is 14.3. The van der Waals surface area contributed by atoms with E-state index >= 15 is 0 Å². The molecule has 1 saturated heterocycles. The second-order valence-electron chi connectivity index (χ2n) is 10.0. The van der Waals surface area contributed by atoms with Crippen LogP contribution in [0.4, 0.5) is 13.2 Å². The summed E-state index contributed by atoms with van der Waals surface area (Å²) in [6.07, 6.45) is -0.354. The highest BCUT2D eigenvalue weighted by Crippen LogP contribution is 2.30. The number of alkyl halides is 2. The van der Waals surface area contributed by atoms with Crippen LogP contribution in [0.3, 0.4) is 0 Å². The van der Waals surface area contributed by atoms with Gasteiger partial charge in [-0.2, -0.15) is 4.31 Å². The van der Waals surface area contributed by atoms with Crippen molar-refractivity contribution in [3.05, 3.63) is 71.9 Å². The minimum absolute atomic E-state index is 0.117. The summed E-state index contributed by atoms with van der Waals surface area (Å²) in [5.74, 6) is -1.09. The smallest absolute Gasteiger partial charge is 0.243 e. The maximum atomic E-state index is 14.4. The van der Waals surface area contributed by atoms with Crippen molar-refractivity contribution in [1.29, 1.82) is 0 Å². The number of benzene rings is 1. The molecular formula is C28H31F3N4O5S. The average Bonchev–Trinajstić information content (AvgIpc) is 3.34. The highest BCUT2D eigenvalue weighted by molar-refractivity contribution is 7.89. The number of halogens is 3. The summed E-state index contributed by atoms with van der Waals surface area (Å²) in [7, 11) is -2.73. The van der Waals surface area contributed by atoms with Crippen molar-refractivity contribution < 1.29 is 35.9 Å². The van der Waals surface area contributed by atoms with Crippen molar-refractivity contribution in [3.63, 3.8) is 0 Å². The van der Waals surface area contributed by atoms with Crippen molar-refractivity contribution >= 4 is 15.9 Å². The maximum absolute atomic E-state index is 14.4. The number of carbonyl (C=O) groups excluding carboxylic acids is 1. The fourth-order valence-electron chi connectivity index (χ4n) is 4.34. The number of hydrogen-bond donors (Lipinski definition) is 1. The van der Waals surface area contributed by atoms with Crippen LogP contribution in [0.2, 0.25) is 0 Å². The zero-order chi connectivity index (χ0) is 29.8. The van der Waals surface area contributed by atoms with Gasteiger partial charge in [-0.05, 0) is 55.8 Å². The highest BCUT2D eigenvalue weighted by Gasteiger charge is 2.44. The van der Waals surface area contributed by atoms with Gasteiger partial charge in [-0.1, -0.05) is 6.07 Å². The lowest BCUT2D eigenvalue weighted by Gasteiger charge is -2.23. The molecule has 0 spiro atoms. The van der Waals surface area contributed by atoms with E-state index in [1.165, 1.54) is 27.2 Å². The largest absolute Gasteiger partial charge is 0.475 e. The molecule has 0 bridgehead atoms. The third kappa shape index (κ3) is 7.40. The number of sulfonamides is 1. The molecule has 1 amide bonds. The first kappa shape index (κ1) is 30.4. The Kier molecular flexibility index (Phi) is 9.30. The molecule has 1 aromatic carbocycles. The van der Waals surface area contributed by atoms with Gasteiger partial charge in [0.15, 0.2) is 0 Å². The molecule has 0 radical (unpaired) electrons. The lowest BCUT2D eigenvalue weighted by Crippen LogP contribution is -2.45. The first-order valence-electron chi connectivity index (χ1n) is 12.9. The van der Waals surface area contributed by atoms with Crippen LogP contribution in [-0.2, 0) is 31.8 Å². The Labute approximate surface area is 236 Å². The molecular weight excluding hydrogens is 561 g/mol. The highest BCUT2D eigenvalue weighted by atomic mass is 32.2. The zero-order valence-electron chi connectivity index (χ0n) is 22.8. The second kappa shape index (κ2) is 12.5. The molecule has 220 valence electrons. The zero-order valence-corrected chi connectivity index (χ0v) is 23.6. The second-order valence-corrected chi connectivity index (χ2v) is 11.9. The summed E-state index contributed by atoms with van der Waals surface area (Å²) in [5, 5.41) is 2.65. The number of aromatic nitrogens is 2. The maximum Gasteiger partial charge on any atom is 0.243 e. The fraction of sp³-hybridized carbons (Fsp3) is 0.393. The molecule has 2 unspecified atom stereocenters. The van der Waals surface area contributed by atoms with Crippen LogP contribution < -0.4 is 10.1 Å². The van der Waals surface area contributed by atoms with Crippen LogP contribution in [0.5, 0.6) is 5.88 Å². The fourth-order valence-corrected chi connectivity index (χ4v) is 5.96. The van der Waals surface area contributed by atoms with E-state index < -0.39 is 46.2 Å². The van der Waals surface area contributed by atoms with Crippen LogP contribution in [0.15, 0.2) is 59.6 Å². The van der Waals surface area contributed by atoms with Crippen LogP contribution in [0, 0.1) is 5.82 Å². The van der Waals surface area contributed by atoms with Gasteiger partial charge in [0.2, 0.25) is 21.8 Å². The molecule has 2 aromatic heterocycles. The molecule has 0 aliphatic carbocycles. The van der Waals surface area contributed by atoms with Gasteiger partial charge >= 0.3 is 0 Å². The van der Waals surface area contributed by atoms with E-state index in [4.69, 9.17) is 9.47 Å². The minimum Gasteiger partial charge on any atom is -0.475 e. The summed E-state index contributed by atoms with van der Waals surface area (Å²) < 4.78 is 79.7. The average molecular weight is 593 g/mol. The number of nitrogens with one attached hydrogen (secondary N) is 1. The number of ether oxygens (including phenoxy) is 2. The predicted octanol–water partition coefficient (Wildman–Crippen LogP) is 3.93. The Balaban J connectivity index is 1.54. The monoisotopic (exact) mass is 592 g/mol. The summed E-state index contributed by atoms with van der Waals surface area (Å²) in [4.78, 5) is 21.5. The van der Waals surface area contributed by atoms with Crippen molar-refractivity contribution in [2.24, 2.45) is 0 Å². The van der Waals surface area contributed by atoms with E-state index in [9.17, 15) is 26.4 Å². The lowest BCUT2D eigenvalue weighted by molar-refractivity contribution is -0.124. The van der Waals surface area contributed by atoms with Gasteiger partial charge in [-0.3, -0.25) is 9.78 Å². The third-order valence-electron chi connectivity index (χ3n) is 6.47. The molecule has 13 heteroatoms. The summed E-state index contributed by atoms with van der Waals surface area (Å²) in [6, 6.07) is 9.44. The molecule has 9 nitrogen and oxygen atoms in total. The quantitative estimate of drug-likeness (QED) is 0.336. The minimum atomic E-state index is -4.26. The SMILES string of the molecule is COCCOc1cc(-c2ccc(C(C)(C)F)nc2)cc(CNC(=O)C2CC(F)CN2S(=O)(=O)c2ccc(F)cc2)n1. The predicted molar refractivity (Wildman–Crippen MR) is 144 cm³/mol. The molecule has 4 rings (SSSR count). The molecule has 1 fully saturated rings. The number of rotatable bonds is 11. The third-order valence-corrected chi connectivity index (χ3v) is 8.36. The van der Waals surface area contributed by atoms with Gasteiger partial charge in [0.1, 0.15) is 30.3 Å². The van der Waals surface area contributed by atoms with Gasteiger partial charge in [-0.25, -0.2) is 26.6 Å². The molecule has 3 aromatic rings. The standard InChI is InChI=1S/C28H31F3N4O5S/c1-28(2,31)25-9-4-18(15-32-25)19-12-22(34-26(13-19)40-11-10-39-3)16-33-27(36)24-14-21(30)17-35(24)41(37,38)23-7-5-20(29)6-8-23/h4-9,12-13,15,21,24H,10-11,14,16-17H2,1-3H3,(H,33,36). The van der Waals surface area contributed by atoms with Crippen molar-refractivity contribution in [2.45, 2.75) is 49.6 Å². The number of amides is 1. The first-order chi connectivity index (χ1) is 19.4. The van der Waals surface area contributed by atoms with E-state index in [0.717, 1.165) is 28.6 Å². The van der Waals surface area contributed by atoms with E-state index in [1.807, 2.05) is 0 Å². The van der Waals surface area contributed by atoms with E-state index in [2.05, 4.69) is 15.3 Å². The summed E-state index contributed by atoms with van der Waals surface area (Å²) in [5.41, 5.74) is 0.315. The van der Waals surface area contributed by atoms with Crippen molar-refractivity contribution in [2.75, 3.05) is 26.9 Å². The number of methoxy groups -OCH3 is 1. The van der Waals surface area contributed by atoms with Gasteiger partial charge in [0, 0.05) is 37.9 Å². The van der Waals surface area contributed by atoms with E-state index in [1.54, 1.807) is 24.3 Å². The normalized spacial score (nSPS) is 17.9. The van der Waals surface area contributed by atoms with E-state index in [-0.39, 0.29) is 36.0 Å². The summed E-state index contributed by atoms with van der Waals surface area (Å²) >= 11 is 0. The van der Waals surface area contributed by atoms with Gasteiger partial charge in [0.05, 0.1) is 29.4 Å². The molecule has 0 saturated carbocycles. The van der Waals surface area contributed by atoms with Crippen LogP contribution >= 0.6 is 0 Å².